The maximum absolute atomic E-state index is 13.9. The van der Waals surface area contributed by atoms with Crippen molar-refractivity contribution in [2.24, 2.45) is 29.4 Å². The number of aliphatic hydroxyl groups is 3. The average Bonchev–Trinajstić information content (AvgIpc) is 2.90. The number of fused-ring (bicyclic) bond motifs is 3. The lowest BCUT2D eigenvalue weighted by Gasteiger charge is -2.55. The van der Waals surface area contributed by atoms with Crippen molar-refractivity contribution >= 4 is 23.3 Å². The highest BCUT2D eigenvalue weighted by Gasteiger charge is 2.67. The molecule has 6 atom stereocenters. The number of amides is 1. The van der Waals surface area contributed by atoms with E-state index in [4.69, 9.17) is 5.73 Å². The zero-order valence-corrected chi connectivity index (χ0v) is 22.9. The van der Waals surface area contributed by atoms with Crippen molar-refractivity contribution in [1.29, 1.82) is 0 Å². The van der Waals surface area contributed by atoms with E-state index in [0.717, 1.165) is 32.1 Å². The van der Waals surface area contributed by atoms with Gasteiger partial charge in [-0.1, -0.05) is 38.3 Å². The maximum Gasteiger partial charge on any atom is 0.255 e. The van der Waals surface area contributed by atoms with Crippen LogP contribution in [0.15, 0.2) is 40.9 Å². The van der Waals surface area contributed by atoms with Crippen LogP contribution in [0.2, 0.25) is 0 Å². The van der Waals surface area contributed by atoms with E-state index in [-0.39, 0.29) is 35.0 Å². The summed E-state index contributed by atoms with van der Waals surface area (Å²) in [4.78, 5) is 55.3. The summed E-state index contributed by atoms with van der Waals surface area (Å²) in [6.45, 7) is 1.81. The number of aromatic hydroxyl groups is 1. The van der Waals surface area contributed by atoms with Gasteiger partial charge in [0.15, 0.2) is 11.4 Å². The molecule has 4 aliphatic carbocycles. The van der Waals surface area contributed by atoms with Crippen molar-refractivity contribution in [3.63, 3.8) is 0 Å². The van der Waals surface area contributed by atoms with Gasteiger partial charge in [-0.15, -0.1) is 0 Å². The van der Waals surface area contributed by atoms with E-state index < -0.39 is 69.9 Å². The highest BCUT2D eigenvalue weighted by Crippen LogP contribution is 2.59. The number of nitrogens with two attached hydrogens (primary N) is 1. The third-order valence-electron chi connectivity index (χ3n) is 9.68. The van der Waals surface area contributed by atoms with Gasteiger partial charge in [-0.3, -0.25) is 24.1 Å². The fourth-order valence-corrected chi connectivity index (χ4v) is 7.89. The summed E-state index contributed by atoms with van der Waals surface area (Å²) in [5, 5.41) is 45.7. The number of hydrogen-bond donors (Lipinski definition) is 5. The van der Waals surface area contributed by atoms with Gasteiger partial charge in [0.2, 0.25) is 5.78 Å². The summed E-state index contributed by atoms with van der Waals surface area (Å²) in [7, 11) is 3.16. The third-order valence-corrected chi connectivity index (χ3v) is 9.68. The minimum absolute atomic E-state index is 0.0480. The van der Waals surface area contributed by atoms with Gasteiger partial charge in [-0.2, -0.15) is 0 Å². The second-order valence-corrected chi connectivity index (χ2v) is 12.0. The number of Topliss-reactive ketones (excluding diaryl/α,β-unsaturated/α-hetero) is 3. The Morgan fingerprint density at radius 2 is 1.73 bits per heavy atom. The zero-order valence-electron chi connectivity index (χ0n) is 22.9. The lowest BCUT2D eigenvalue weighted by molar-refractivity contribution is -0.156. The molecule has 214 valence electrons. The van der Waals surface area contributed by atoms with Crippen LogP contribution in [0.1, 0.15) is 67.3 Å². The molecule has 0 aromatic heterocycles. The number of rotatable bonds is 5. The number of likely N-dealkylation sites (N-methyl/N-ethyl adjacent to an activating group) is 1. The minimum Gasteiger partial charge on any atom is -0.510 e. The average molecular weight is 553 g/mol. The highest BCUT2D eigenvalue weighted by molar-refractivity contribution is 6.25. The van der Waals surface area contributed by atoms with E-state index in [1.165, 1.54) is 11.0 Å². The van der Waals surface area contributed by atoms with Gasteiger partial charge < -0.3 is 26.2 Å². The number of hydrogen-bond acceptors (Lipinski definition) is 9. The summed E-state index contributed by atoms with van der Waals surface area (Å²) in [5.41, 5.74) is 1.99. The van der Waals surface area contributed by atoms with Gasteiger partial charge in [0, 0.05) is 29.7 Å². The number of allylic oxidation sites excluding steroid dienone is 1. The molecule has 40 heavy (non-hydrogen) atoms. The third kappa shape index (κ3) is 3.83. The summed E-state index contributed by atoms with van der Waals surface area (Å²) in [6, 6.07) is 3.47. The van der Waals surface area contributed by atoms with Crippen molar-refractivity contribution < 1.29 is 39.6 Å². The second kappa shape index (κ2) is 9.85. The molecule has 0 spiro atoms. The number of phenolic OH excluding ortho intramolecular Hbond substituents is 1. The Morgan fingerprint density at radius 3 is 2.33 bits per heavy atom. The molecule has 5 rings (SSSR count). The molecule has 0 radical (unpaired) electrons. The van der Waals surface area contributed by atoms with Crippen molar-refractivity contribution in [2.45, 2.75) is 63.0 Å². The number of nitrogens with zero attached hydrogens (tertiary/aromatic N) is 1. The molecule has 1 aromatic rings. The van der Waals surface area contributed by atoms with Crippen molar-refractivity contribution in [3.8, 4) is 5.75 Å². The normalized spacial score (nSPS) is 32.6. The molecule has 0 saturated heterocycles. The SMILES string of the molecule is CC1c2cccc(O)c2C(=O)C2=C(O)C3(O)C(=O)C(C(N)=O)=C(O)C(N(C)C)C3C(CC(=O)C3CCCCC3)C21. The fraction of sp³-hybridized carbons (Fsp3) is 0.533. The smallest absolute Gasteiger partial charge is 0.255 e. The Labute approximate surface area is 232 Å². The van der Waals surface area contributed by atoms with Crippen LogP contribution >= 0.6 is 0 Å². The van der Waals surface area contributed by atoms with E-state index in [0.29, 0.717) is 5.56 Å². The predicted molar refractivity (Wildman–Crippen MR) is 143 cm³/mol. The van der Waals surface area contributed by atoms with E-state index in [1.54, 1.807) is 26.2 Å². The van der Waals surface area contributed by atoms with E-state index in [2.05, 4.69) is 0 Å². The summed E-state index contributed by atoms with van der Waals surface area (Å²) in [6.07, 6.45) is 4.19. The van der Waals surface area contributed by atoms with Crippen LogP contribution in [-0.4, -0.2) is 74.3 Å². The van der Waals surface area contributed by atoms with Crippen LogP contribution in [0.3, 0.4) is 0 Å². The number of ketones is 3. The molecule has 6 N–H and O–H groups in total. The Bertz CT molecular complexity index is 1370. The first-order valence-corrected chi connectivity index (χ1v) is 13.8. The largest absolute Gasteiger partial charge is 0.510 e. The van der Waals surface area contributed by atoms with Crippen molar-refractivity contribution in [2.75, 3.05) is 14.1 Å². The van der Waals surface area contributed by atoms with Gasteiger partial charge in [0.25, 0.3) is 5.91 Å². The maximum atomic E-state index is 13.9. The zero-order chi connectivity index (χ0) is 29.3. The van der Waals surface area contributed by atoms with Crippen LogP contribution in [0.25, 0.3) is 0 Å². The number of phenols is 1. The summed E-state index contributed by atoms with van der Waals surface area (Å²) < 4.78 is 0. The second-order valence-electron chi connectivity index (χ2n) is 12.0. The number of primary amides is 1. The number of benzene rings is 1. The van der Waals surface area contributed by atoms with Crippen LogP contribution < -0.4 is 5.73 Å². The van der Waals surface area contributed by atoms with Crippen molar-refractivity contribution in [1.82, 2.24) is 4.90 Å². The van der Waals surface area contributed by atoms with Crippen molar-refractivity contribution in [3.05, 3.63) is 52.0 Å². The lowest BCUT2D eigenvalue weighted by atomic mass is 9.51. The first-order valence-electron chi connectivity index (χ1n) is 13.8. The minimum atomic E-state index is -2.81. The number of carbonyl (C=O) groups is 4. The molecule has 0 aliphatic heterocycles. The van der Waals surface area contributed by atoms with E-state index in [9.17, 15) is 39.6 Å². The van der Waals surface area contributed by atoms with Gasteiger partial charge in [0.1, 0.15) is 28.6 Å². The monoisotopic (exact) mass is 552 g/mol. The summed E-state index contributed by atoms with van der Waals surface area (Å²) >= 11 is 0. The topological polar surface area (TPSA) is 178 Å². The molecule has 1 saturated carbocycles. The molecule has 1 amide bonds. The first-order chi connectivity index (χ1) is 18.8. The summed E-state index contributed by atoms with van der Waals surface area (Å²) in [5.74, 6) is -9.02. The lowest BCUT2D eigenvalue weighted by Crippen LogP contribution is -2.67. The molecule has 1 aromatic carbocycles. The Balaban J connectivity index is 1.79. The Kier molecular flexibility index (Phi) is 6.90. The highest BCUT2D eigenvalue weighted by atomic mass is 16.3. The molecule has 1 fully saturated rings. The molecule has 0 bridgehead atoms. The molecule has 4 aliphatic rings. The van der Waals surface area contributed by atoms with Gasteiger partial charge >= 0.3 is 0 Å². The van der Waals surface area contributed by atoms with E-state index in [1.807, 2.05) is 6.92 Å². The first kappa shape index (κ1) is 28.0. The standard InChI is InChI=1S/C30H36N2O8/c1-13-15-10-7-11-17(33)20(15)25(35)21-19(13)16(12-18(34)14-8-5-4-6-9-14)23-24(32(2)3)26(36)22(29(31)39)28(38)30(23,40)27(21)37/h7,10-11,13-14,16,19,23-24,33,36-37,40H,4-6,8-9,12H2,1-3H3,(H2,31,39). The molecule has 6 unspecified atom stereocenters. The Hall–Kier alpha value is -3.50. The van der Waals surface area contributed by atoms with Crippen LogP contribution in [0.5, 0.6) is 5.75 Å². The Morgan fingerprint density at radius 1 is 1.07 bits per heavy atom. The van der Waals surface area contributed by atoms with Crippen LogP contribution in [-0.2, 0) is 14.4 Å². The molecular formula is C30H36N2O8. The van der Waals surface area contributed by atoms with Crippen LogP contribution in [0.4, 0.5) is 0 Å². The van der Waals surface area contributed by atoms with Gasteiger partial charge in [-0.05, 0) is 50.4 Å². The fourth-order valence-electron chi connectivity index (χ4n) is 7.89. The molecular weight excluding hydrogens is 516 g/mol. The molecule has 10 heteroatoms. The predicted octanol–water partition coefficient (Wildman–Crippen LogP) is 2.45. The van der Waals surface area contributed by atoms with Crippen LogP contribution in [0, 0.1) is 23.7 Å². The number of carbonyl (C=O) groups excluding carboxylic acids is 4. The van der Waals surface area contributed by atoms with Gasteiger partial charge in [-0.25, -0.2) is 0 Å². The van der Waals surface area contributed by atoms with Gasteiger partial charge in [0.05, 0.1) is 11.6 Å². The molecule has 0 heterocycles. The molecule has 10 nitrogen and oxygen atoms in total. The number of aliphatic hydroxyl groups excluding tert-OH is 2. The van der Waals surface area contributed by atoms with E-state index >= 15 is 0 Å². The quantitative estimate of drug-likeness (QED) is 0.343.